The monoisotopic (exact) mass is 154 g/mol. The van der Waals surface area contributed by atoms with Crippen LogP contribution >= 0.6 is 0 Å². The molecule has 4 heteroatoms. The first-order valence-corrected chi connectivity index (χ1v) is 3.41. The predicted octanol–water partition coefficient (Wildman–Crippen LogP) is 0.125. The van der Waals surface area contributed by atoms with E-state index in [9.17, 15) is 0 Å². The lowest BCUT2D eigenvalue weighted by Gasteiger charge is -1.96. The van der Waals surface area contributed by atoms with Gasteiger partial charge in [-0.05, 0) is 6.92 Å². The lowest BCUT2D eigenvalue weighted by Crippen LogP contribution is -2.27. The highest BCUT2D eigenvalue weighted by molar-refractivity contribution is 5.85. The molecule has 0 amide bonds. The highest BCUT2D eigenvalue weighted by atomic mass is 15.1. The zero-order valence-electron chi connectivity index (χ0n) is 6.96. The fourth-order valence-electron chi connectivity index (χ4n) is 0.436. The molecule has 0 aromatic heterocycles. The zero-order valence-corrected chi connectivity index (χ0v) is 6.96. The van der Waals surface area contributed by atoms with Crippen molar-refractivity contribution in [3.63, 3.8) is 0 Å². The molecule has 0 fully saturated rings. The Morgan fingerprint density at radius 3 is 2.82 bits per heavy atom. The Morgan fingerprint density at radius 1 is 1.73 bits per heavy atom. The fourth-order valence-corrected chi connectivity index (χ4v) is 0.436. The summed E-state index contributed by atoms with van der Waals surface area (Å²) >= 11 is 0. The van der Waals surface area contributed by atoms with Crippen LogP contribution in [0.5, 0.6) is 0 Å². The van der Waals surface area contributed by atoms with E-state index in [0.717, 1.165) is 6.54 Å². The van der Waals surface area contributed by atoms with Gasteiger partial charge in [-0.25, -0.2) is 4.99 Å². The third-order valence-corrected chi connectivity index (χ3v) is 0.943. The van der Waals surface area contributed by atoms with E-state index in [0.29, 0.717) is 11.7 Å². The molecule has 0 saturated carbocycles. The van der Waals surface area contributed by atoms with Gasteiger partial charge in [-0.2, -0.15) is 0 Å². The molecule has 0 aliphatic rings. The fraction of sp³-hybridized carbons (Fsp3) is 0.429. The van der Waals surface area contributed by atoms with Gasteiger partial charge >= 0.3 is 0 Å². The lowest BCUT2D eigenvalue weighted by molar-refractivity contribution is 1.12. The van der Waals surface area contributed by atoms with Gasteiger partial charge < -0.3 is 11.1 Å². The van der Waals surface area contributed by atoms with Crippen molar-refractivity contribution in [2.45, 2.75) is 6.92 Å². The van der Waals surface area contributed by atoms with Gasteiger partial charge in [0.1, 0.15) is 0 Å². The van der Waals surface area contributed by atoms with Crippen LogP contribution in [0.2, 0.25) is 0 Å². The quantitative estimate of drug-likeness (QED) is 0.448. The maximum Gasteiger partial charge on any atom is 0.193 e. The van der Waals surface area contributed by atoms with Crippen molar-refractivity contribution in [1.29, 1.82) is 0 Å². The largest absolute Gasteiger partial charge is 0.370 e. The summed E-state index contributed by atoms with van der Waals surface area (Å²) in [6.45, 7) is 6.29. The first-order valence-electron chi connectivity index (χ1n) is 3.41. The molecule has 0 saturated heterocycles. The number of hydrogen-bond acceptors (Lipinski definition) is 2. The number of guanidine groups is 1. The minimum absolute atomic E-state index is 0.345. The van der Waals surface area contributed by atoms with E-state index in [-0.39, 0.29) is 0 Å². The van der Waals surface area contributed by atoms with Gasteiger partial charge in [0.05, 0.1) is 5.70 Å². The Hall–Kier alpha value is -1.32. The Balaban J connectivity index is 3.96. The minimum Gasteiger partial charge on any atom is -0.370 e. The molecule has 11 heavy (non-hydrogen) atoms. The molecular formula is C7H14N4. The second-order valence-electron chi connectivity index (χ2n) is 1.87. The third kappa shape index (κ3) is 5.14. The normalized spacial score (nSPS) is 12.0. The Bertz CT molecular complexity index is 181. The van der Waals surface area contributed by atoms with Crippen molar-refractivity contribution < 1.29 is 0 Å². The summed E-state index contributed by atoms with van der Waals surface area (Å²) in [5.74, 6) is 0.345. The summed E-state index contributed by atoms with van der Waals surface area (Å²) < 4.78 is 0. The summed E-state index contributed by atoms with van der Waals surface area (Å²) in [6.07, 6.45) is 1.59. The van der Waals surface area contributed by atoms with Crippen LogP contribution in [0.25, 0.3) is 0 Å². The zero-order chi connectivity index (χ0) is 8.69. The van der Waals surface area contributed by atoms with Crippen LogP contribution < -0.4 is 11.1 Å². The standard InChI is InChI=1S/C7H14N4/c1-4-10-5-6(2)11-7(8)9-3/h5H,2,4H2,1,3H3,(H3,8,9,11)/b10-5-. The summed E-state index contributed by atoms with van der Waals surface area (Å²) in [5.41, 5.74) is 5.92. The van der Waals surface area contributed by atoms with Crippen LogP contribution in [0, 0.1) is 0 Å². The van der Waals surface area contributed by atoms with E-state index < -0.39 is 0 Å². The second-order valence-corrected chi connectivity index (χ2v) is 1.87. The maximum absolute atomic E-state index is 5.36. The summed E-state index contributed by atoms with van der Waals surface area (Å²) in [5, 5.41) is 2.68. The molecule has 0 rings (SSSR count). The van der Waals surface area contributed by atoms with Gasteiger partial charge in [0.15, 0.2) is 5.96 Å². The second kappa shape index (κ2) is 5.46. The number of nitrogens with two attached hydrogens (primary N) is 1. The molecule has 0 aliphatic carbocycles. The van der Waals surface area contributed by atoms with Gasteiger partial charge in [-0.15, -0.1) is 0 Å². The van der Waals surface area contributed by atoms with Crippen LogP contribution in [0.3, 0.4) is 0 Å². The maximum atomic E-state index is 5.36. The van der Waals surface area contributed by atoms with E-state index in [1.165, 1.54) is 0 Å². The molecule has 0 bridgehead atoms. The van der Waals surface area contributed by atoms with Crippen molar-refractivity contribution in [3.05, 3.63) is 12.3 Å². The number of nitrogens with zero attached hydrogens (tertiary/aromatic N) is 2. The van der Waals surface area contributed by atoms with Gasteiger partial charge in [0.25, 0.3) is 0 Å². The third-order valence-electron chi connectivity index (χ3n) is 0.943. The molecule has 0 unspecified atom stereocenters. The average molecular weight is 154 g/mol. The SMILES string of the molecule is C=C(/C=N\CC)/N=C(/N)NC. The first-order chi connectivity index (χ1) is 5.20. The molecule has 3 N–H and O–H groups in total. The molecule has 0 spiro atoms. The first kappa shape index (κ1) is 9.68. The number of hydrogen-bond donors (Lipinski definition) is 2. The van der Waals surface area contributed by atoms with Crippen LogP contribution in [-0.2, 0) is 0 Å². The van der Waals surface area contributed by atoms with Crippen molar-refractivity contribution in [3.8, 4) is 0 Å². The predicted molar refractivity (Wildman–Crippen MR) is 48.9 cm³/mol. The minimum atomic E-state index is 0.345. The van der Waals surface area contributed by atoms with E-state index in [4.69, 9.17) is 5.73 Å². The Labute approximate surface area is 66.9 Å². The summed E-state index contributed by atoms with van der Waals surface area (Å²) in [7, 11) is 1.70. The van der Waals surface area contributed by atoms with Crippen molar-refractivity contribution >= 4 is 12.2 Å². The van der Waals surface area contributed by atoms with Gasteiger partial charge in [-0.1, -0.05) is 6.58 Å². The summed E-state index contributed by atoms with van der Waals surface area (Å²) in [4.78, 5) is 7.82. The van der Waals surface area contributed by atoms with Crippen LogP contribution in [0.15, 0.2) is 22.3 Å². The molecule has 0 heterocycles. The molecule has 4 nitrogen and oxygen atoms in total. The number of allylic oxidation sites excluding steroid dienone is 1. The lowest BCUT2D eigenvalue weighted by atomic mass is 10.5. The molecule has 0 radical (unpaired) electrons. The Morgan fingerprint density at radius 2 is 2.36 bits per heavy atom. The molecule has 0 aromatic rings. The smallest absolute Gasteiger partial charge is 0.193 e. The van der Waals surface area contributed by atoms with Crippen molar-refractivity contribution in [2.24, 2.45) is 15.7 Å². The van der Waals surface area contributed by atoms with E-state index in [2.05, 4.69) is 21.9 Å². The van der Waals surface area contributed by atoms with Crippen molar-refractivity contribution in [1.82, 2.24) is 5.32 Å². The number of nitrogens with one attached hydrogen (secondary N) is 1. The molecule has 0 aliphatic heterocycles. The van der Waals surface area contributed by atoms with Crippen LogP contribution in [0.4, 0.5) is 0 Å². The number of rotatable bonds is 3. The molecular weight excluding hydrogens is 140 g/mol. The van der Waals surface area contributed by atoms with Gasteiger partial charge in [-0.3, -0.25) is 4.99 Å². The highest BCUT2D eigenvalue weighted by Gasteiger charge is 1.85. The van der Waals surface area contributed by atoms with Gasteiger partial charge in [0.2, 0.25) is 0 Å². The molecule has 0 aromatic carbocycles. The number of aliphatic imine (C=N–C) groups is 2. The highest BCUT2D eigenvalue weighted by Crippen LogP contribution is 1.85. The van der Waals surface area contributed by atoms with Crippen LogP contribution in [-0.4, -0.2) is 25.8 Å². The van der Waals surface area contributed by atoms with E-state index in [1.807, 2.05) is 6.92 Å². The van der Waals surface area contributed by atoms with Crippen LogP contribution in [0.1, 0.15) is 6.92 Å². The van der Waals surface area contributed by atoms with Gasteiger partial charge in [0, 0.05) is 19.8 Å². The Kier molecular flexibility index (Phi) is 4.81. The topological polar surface area (TPSA) is 62.8 Å². The van der Waals surface area contributed by atoms with E-state index >= 15 is 0 Å². The summed E-state index contributed by atoms with van der Waals surface area (Å²) in [6, 6.07) is 0. The molecule has 0 atom stereocenters. The average Bonchev–Trinajstić information content (AvgIpc) is 2.00. The van der Waals surface area contributed by atoms with Crippen molar-refractivity contribution in [2.75, 3.05) is 13.6 Å². The van der Waals surface area contributed by atoms with E-state index in [1.54, 1.807) is 13.3 Å². The molecule has 62 valence electrons.